The van der Waals surface area contributed by atoms with E-state index >= 15 is 0 Å². The first-order valence-electron chi connectivity index (χ1n) is 11.9. The maximum absolute atomic E-state index is 12.5. The SMILES string of the molecule is CCN1CCCC(OC(=O)c2ccc(NC(=O)CC3SC(N4CCCCC4)=NC3=O)cc2)C1. The Hall–Kier alpha value is -2.39. The summed E-state index contributed by atoms with van der Waals surface area (Å²) in [4.78, 5) is 45.9. The topological polar surface area (TPSA) is 91.3 Å². The number of carbonyl (C=O) groups excluding carboxylic acids is 3. The molecule has 33 heavy (non-hydrogen) atoms. The van der Waals surface area contributed by atoms with Gasteiger partial charge in [0.15, 0.2) is 5.17 Å². The molecular formula is C24H32N4O4S. The van der Waals surface area contributed by atoms with Gasteiger partial charge in [0.2, 0.25) is 5.91 Å². The Morgan fingerprint density at radius 3 is 2.61 bits per heavy atom. The molecular weight excluding hydrogens is 440 g/mol. The van der Waals surface area contributed by atoms with Crippen LogP contribution in [0, 0.1) is 0 Å². The fourth-order valence-electron chi connectivity index (χ4n) is 4.42. The number of nitrogens with zero attached hydrogens (tertiary/aromatic N) is 3. The smallest absolute Gasteiger partial charge is 0.338 e. The molecule has 4 rings (SSSR count). The zero-order valence-electron chi connectivity index (χ0n) is 19.1. The summed E-state index contributed by atoms with van der Waals surface area (Å²) in [6.45, 7) is 6.74. The van der Waals surface area contributed by atoms with Crippen molar-refractivity contribution in [3.8, 4) is 0 Å². The summed E-state index contributed by atoms with van der Waals surface area (Å²) in [5.74, 6) is -0.822. The van der Waals surface area contributed by atoms with Crippen molar-refractivity contribution in [1.82, 2.24) is 9.80 Å². The van der Waals surface area contributed by atoms with Crippen molar-refractivity contribution in [2.24, 2.45) is 4.99 Å². The van der Waals surface area contributed by atoms with Crippen LogP contribution < -0.4 is 5.32 Å². The van der Waals surface area contributed by atoms with Gasteiger partial charge in [0.05, 0.1) is 5.56 Å². The number of hydrogen-bond acceptors (Lipinski definition) is 7. The number of piperidine rings is 2. The number of hydrogen-bond donors (Lipinski definition) is 1. The fourth-order valence-corrected chi connectivity index (χ4v) is 5.53. The lowest BCUT2D eigenvalue weighted by Crippen LogP contribution is -2.40. The molecule has 8 nitrogen and oxygen atoms in total. The Morgan fingerprint density at radius 1 is 1.12 bits per heavy atom. The van der Waals surface area contributed by atoms with Gasteiger partial charge in [-0.3, -0.25) is 14.5 Å². The number of benzene rings is 1. The highest BCUT2D eigenvalue weighted by Gasteiger charge is 2.33. The number of nitrogens with one attached hydrogen (secondary N) is 1. The van der Waals surface area contributed by atoms with E-state index in [9.17, 15) is 14.4 Å². The van der Waals surface area contributed by atoms with Gasteiger partial charge in [-0.1, -0.05) is 18.7 Å². The van der Waals surface area contributed by atoms with Crippen molar-refractivity contribution in [1.29, 1.82) is 0 Å². The predicted octanol–water partition coefficient (Wildman–Crippen LogP) is 3.14. The van der Waals surface area contributed by atoms with Crippen molar-refractivity contribution in [2.45, 2.75) is 56.8 Å². The summed E-state index contributed by atoms with van der Waals surface area (Å²) < 4.78 is 5.67. The summed E-state index contributed by atoms with van der Waals surface area (Å²) in [7, 11) is 0. The minimum Gasteiger partial charge on any atom is -0.457 e. The molecule has 2 saturated heterocycles. The van der Waals surface area contributed by atoms with Crippen LogP contribution >= 0.6 is 11.8 Å². The highest BCUT2D eigenvalue weighted by atomic mass is 32.2. The van der Waals surface area contributed by atoms with Crippen LogP contribution in [0.2, 0.25) is 0 Å². The normalized spacial score (nSPS) is 23.8. The Morgan fingerprint density at radius 2 is 1.88 bits per heavy atom. The second-order valence-electron chi connectivity index (χ2n) is 8.78. The number of aliphatic imine (C=N–C) groups is 1. The van der Waals surface area contributed by atoms with E-state index in [1.807, 2.05) is 0 Å². The first kappa shape index (κ1) is 23.8. The Kier molecular flexibility index (Phi) is 8.03. The van der Waals surface area contributed by atoms with E-state index in [0.717, 1.165) is 63.6 Å². The van der Waals surface area contributed by atoms with Crippen molar-refractivity contribution < 1.29 is 19.1 Å². The number of ether oxygens (including phenoxy) is 1. The van der Waals surface area contributed by atoms with E-state index in [1.54, 1.807) is 24.3 Å². The lowest BCUT2D eigenvalue weighted by molar-refractivity contribution is -0.121. The molecule has 0 aliphatic carbocycles. The van der Waals surface area contributed by atoms with Crippen molar-refractivity contribution in [3.05, 3.63) is 29.8 Å². The third kappa shape index (κ3) is 6.35. The summed E-state index contributed by atoms with van der Waals surface area (Å²) in [5.41, 5.74) is 1.04. The molecule has 2 unspecified atom stereocenters. The Balaban J connectivity index is 1.24. The zero-order chi connectivity index (χ0) is 23.2. The van der Waals surface area contributed by atoms with Crippen molar-refractivity contribution in [3.63, 3.8) is 0 Å². The molecule has 1 aromatic rings. The molecule has 3 aliphatic rings. The molecule has 1 N–H and O–H groups in total. The van der Waals surface area contributed by atoms with E-state index in [2.05, 4.69) is 27.0 Å². The van der Waals surface area contributed by atoms with Gasteiger partial charge in [-0.25, -0.2) is 4.79 Å². The first-order chi connectivity index (χ1) is 16.0. The number of anilines is 1. The molecule has 2 amide bonds. The van der Waals surface area contributed by atoms with E-state index in [4.69, 9.17) is 4.74 Å². The monoisotopic (exact) mass is 472 g/mol. The molecule has 2 fully saturated rings. The number of rotatable bonds is 6. The van der Waals surface area contributed by atoms with E-state index in [1.165, 1.54) is 18.2 Å². The third-order valence-electron chi connectivity index (χ3n) is 6.31. The second kappa shape index (κ2) is 11.2. The van der Waals surface area contributed by atoms with Crippen LogP contribution in [-0.4, -0.2) is 76.8 Å². The minimum absolute atomic E-state index is 0.0732. The Labute approximate surface area is 199 Å². The standard InChI is InChI=1S/C24H32N4O4S/c1-2-27-12-6-7-19(16-27)32-23(31)17-8-10-18(11-9-17)25-21(29)15-20-22(30)26-24(33-20)28-13-4-3-5-14-28/h8-11,19-20H,2-7,12-16H2,1H3,(H,25,29). The number of likely N-dealkylation sites (N-methyl/N-ethyl adjacent to an activating group) is 1. The van der Waals surface area contributed by atoms with E-state index in [-0.39, 0.29) is 30.3 Å². The summed E-state index contributed by atoms with van der Waals surface area (Å²) >= 11 is 1.39. The number of amides is 2. The van der Waals surface area contributed by atoms with Gasteiger partial charge in [-0.05, 0) is 69.5 Å². The highest BCUT2D eigenvalue weighted by molar-refractivity contribution is 8.15. The Bertz CT molecular complexity index is 898. The number of esters is 1. The van der Waals surface area contributed by atoms with Crippen LogP contribution in [0.1, 0.15) is 55.8 Å². The summed E-state index contributed by atoms with van der Waals surface area (Å²) in [6.07, 6.45) is 5.34. The van der Waals surface area contributed by atoms with Crippen molar-refractivity contribution in [2.75, 3.05) is 38.0 Å². The molecule has 178 valence electrons. The van der Waals surface area contributed by atoms with Gasteiger partial charge in [0, 0.05) is 31.7 Å². The molecule has 0 radical (unpaired) electrons. The van der Waals surface area contributed by atoms with Crippen LogP contribution in [0.25, 0.3) is 0 Å². The summed E-state index contributed by atoms with van der Waals surface area (Å²) in [5, 5.41) is 3.09. The molecule has 0 aromatic heterocycles. The lowest BCUT2D eigenvalue weighted by Gasteiger charge is -2.31. The molecule has 0 spiro atoms. The van der Waals surface area contributed by atoms with Crippen LogP contribution in [0.4, 0.5) is 5.69 Å². The van der Waals surface area contributed by atoms with Gasteiger partial charge in [-0.15, -0.1) is 0 Å². The first-order valence-corrected chi connectivity index (χ1v) is 12.8. The van der Waals surface area contributed by atoms with Crippen LogP contribution in [0.3, 0.4) is 0 Å². The summed E-state index contributed by atoms with van der Waals surface area (Å²) in [6, 6.07) is 6.69. The maximum atomic E-state index is 12.5. The van der Waals surface area contributed by atoms with Gasteiger partial charge < -0.3 is 15.0 Å². The molecule has 0 bridgehead atoms. The van der Waals surface area contributed by atoms with Crippen LogP contribution in [-0.2, 0) is 14.3 Å². The van der Waals surface area contributed by atoms with Gasteiger partial charge in [-0.2, -0.15) is 4.99 Å². The van der Waals surface area contributed by atoms with Gasteiger partial charge >= 0.3 is 5.97 Å². The van der Waals surface area contributed by atoms with Gasteiger partial charge in [0.1, 0.15) is 11.4 Å². The van der Waals surface area contributed by atoms with Crippen molar-refractivity contribution >= 4 is 40.4 Å². The largest absolute Gasteiger partial charge is 0.457 e. The van der Waals surface area contributed by atoms with Gasteiger partial charge in [0.25, 0.3) is 5.91 Å². The quantitative estimate of drug-likeness (QED) is 0.636. The molecule has 1 aromatic carbocycles. The zero-order valence-corrected chi connectivity index (χ0v) is 19.9. The van der Waals surface area contributed by atoms with Crippen LogP contribution in [0.5, 0.6) is 0 Å². The number of likely N-dealkylation sites (tertiary alicyclic amines) is 2. The van der Waals surface area contributed by atoms with Crippen LogP contribution in [0.15, 0.2) is 29.3 Å². The number of amidine groups is 1. The second-order valence-corrected chi connectivity index (χ2v) is 9.95. The molecule has 3 heterocycles. The number of thioether (sulfide) groups is 1. The molecule has 2 atom stereocenters. The minimum atomic E-state index is -0.477. The highest BCUT2D eigenvalue weighted by Crippen LogP contribution is 2.29. The maximum Gasteiger partial charge on any atom is 0.338 e. The molecule has 3 aliphatic heterocycles. The average Bonchev–Trinajstić information content (AvgIpc) is 3.20. The van der Waals surface area contributed by atoms with E-state index in [0.29, 0.717) is 11.3 Å². The number of carbonyl (C=O) groups is 3. The molecule has 9 heteroatoms. The van der Waals surface area contributed by atoms with E-state index < -0.39 is 5.25 Å². The molecule has 0 saturated carbocycles. The lowest BCUT2D eigenvalue weighted by atomic mass is 10.1. The predicted molar refractivity (Wildman–Crippen MR) is 129 cm³/mol. The third-order valence-corrected chi connectivity index (χ3v) is 7.53. The fraction of sp³-hybridized carbons (Fsp3) is 0.583. The average molecular weight is 473 g/mol.